The van der Waals surface area contributed by atoms with E-state index in [1.807, 2.05) is 43.3 Å². The quantitative estimate of drug-likeness (QED) is 0.0729. The second-order valence-corrected chi connectivity index (χ2v) is 14.1. The van der Waals surface area contributed by atoms with E-state index in [0.29, 0.717) is 81.5 Å². The molecule has 0 saturated carbocycles. The molecule has 5 aromatic rings. The fourth-order valence-corrected chi connectivity index (χ4v) is 7.51. The Morgan fingerprint density at radius 1 is 0.571 bits per heavy atom. The summed E-state index contributed by atoms with van der Waals surface area (Å²) in [6.45, 7) is 6.49. The standard InChI is InChI=1S/C21H25NO6.C20H21NO6.C7H9N/c1-6-14-19(12-7-8-16(25-2)15(23)9-12)22(21(14)24)13-10-17(26-3)20(28-5)18(11-13)27-4;1-11-18(12-6-7-15(24-2)14(22)8-12)21(20(11)23)13-9-16(25-3)19(27-5)17(10-13)26-4;8-6-7-4-2-1-3-5-7/h7-11,14,19,23H,6H2,1-5H3;6-10,18,22H,1H2,2-5H3;1-5H,6,8H2/t14-,19+;18-;/m11./s1. The average molecular weight is 866 g/mol. The normalized spacial score (nSPS) is 16.2. The van der Waals surface area contributed by atoms with Crippen molar-refractivity contribution in [1.29, 1.82) is 0 Å². The van der Waals surface area contributed by atoms with Gasteiger partial charge in [-0.15, -0.1) is 0 Å². The van der Waals surface area contributed by atoms with Crippen LogP contribution in [0.2, 0.25) is 0 Å². The number of β-lactam (4-membered cyclic amide) rings is 2. The van der Waals surface area contributed by atoms with Gasteiger partial charge in [-0.1, -0.05) is 56.0 Å². The summed E-state index contributed by atoms with van der Waals surface area (Å²) in [6, 6.07) is 26.5. The molecular formula is C48H55N3O12. The van der Waals surface area contributed by atoms with Crippen molar-refractivity contribution in [3.05, 3.63) is 120 Å². The van der Waals surface area contributed by atoms with Crippen molar-refractivity contribution in [2.45, 2.75) is 32.0 Å². The van der Waals surface area contributed by atoms with Gasteiger partial charge in [-0.05, 0) is 47.4 Å². The third-order valence-corrected chi connectivity index (χ3v) is 10.7. The summed E-state index contributed by atoms with van der Waals surface area (Å²) < 4.78 is 42.5. The number of methoxy groups -OCH3 is 8. The van der Waals surface area contributed by atoms with Gasteiger partial charge in [0.05, 0.1) is 86.3 Å². The van der Waals surface area contributed by atoms with Crippen LogP contribution in [0.1, 0.15) is 42.1 Å². The minimum Gasteiger partial charge on any atom is -0.504 e. The molecule has 2 fully saturated rings. The van der Waals surface area contributed by atoms with Crippen molar-refractivity contribution in [3.8, 4) is 57.5 Å². The first-order valence-electron chi connectivity index (χ1n) is 19.8. The first-order valence-corrected chi connectivity index (χ1v) is 19.8. The molecule has 2 amide bonds. The fourth-order valence-electron chi connectivity index (χ4n) is 7.51. The number of phenols is 2. The molecule has 2 aliphatic heterocycles. The van der Waals surface area contributed by atoms with E-state index in [9.17, 15) is 19.8 Å². The van der Waals surface area contributed by atoms with E-state index in [-0.39, 0.29) is 35.3 Å². The molecule has 7 rings (SSSR count). The third-order valence-electron chi connectivity index (χ3n) is 10.7. The summed E-state index contributed by atoms with van der Waals surface area (Å²) in [5.41, 5.74) is 9.72. The lowest BCUT2D eigenvalue weighted by Gasteiger charge is -2.47. The molecule has 2 heterocycles. The highest BCUT2D eigenvalue weighted by Gasteiger charge is 2.48. The Balaban J connectivity index is 0.000000202. The number of phenolic OH excluding ortho intramolecular Hbond substituents is 2. The minimum atomic E-state index is -0.419. The van der Waals surface area contributed by atoms with Crippen molar-refractivity contribution < 1.29 is 57.7 Å². The maximum absolute atomic E-state index is 12.9. The highest BCUT2D eigenvalue weighted by molar-refractivity contribution is 6.15. The summed E-state index contributed by atoms with van der Waals surface area (Å²) in [5.74, 6) is 3.13. The van der Waals surface area contributed by atoms with Crippen LogP contribution < -0.4 is 53.4 Å². The SMILES string of the molecule is C=C1C(=O)N(c2cc(OC)c(OC)c(OC)c2)[C@H]1c1ccc(OC)c(O)c1.CC[C@H]1C(=O)N(c2cc(OC)c(OC)c(OC)c2)[C@H]1c1ccc(OC)c(O)c1.NCc1ccccc1. The molecule has 15 nitrogen and oxygen atoms in total. The van der Waals surface area contributed by atoms with Crippen molar-refractivity contribution >= 4 is 23.2 Å². The molecule has 15 heteroatoms. The monoisotopic (exact) mass is 865 g/mol. The van der Waals surface area contributed by atoms with E-state index in [4.69, 9.17) is 43.6 Å². The zero-order valence-corrected chi connectivity index (χ0v) is 37.0. The Bertz CT molecular complexity index is 2360. The zero-order valence-electron chi connectivity index (χ0n) is 37.0. The molecule has 3 atom stereocenters. The number of nitrogens with two attached hydrogens (primary N) is 1. The molecule has 2 saturated heterocycles. The molecule has 4 N–H and O–H groups in total. The van der Waals surface area contributed by atoms with E-state index >= 15 is 0 Å². The Hall–Kier alpha value is -7.26. The number of ether oxygens (including phenoxy) is 8. The zero-order chi connectivity index (χ0) is 46.0. The van der Waals surface area contributed by atoms with Gasteiger partial charge in [0.1, 0.15) is 0 Å². The van der Waals surface area contributed by atoms with E-state index < -0.39 is 6.04 Å². The van der Waals surface area contributed by atoms with Crippen LogP contribution in [-0.4, -0.2) is 78.9 Å². The topological polar surface area (TPSA) is 181 Å². The summed E-state index contributed by atoms with van der Waals surface area (Å²) >= 11 is 0. The van der Waals surface area contributed by atoms with Gasteiger partial charge < -0.3 is 58.7 Å². The van der Waals surface area contributed by atoms with E-state index in [2.05, 4.69) is 6.58 Å². The molecule has 0 bridgehead atoms. The van der Waals surface area contributed by atoms with Crippen LogP contribution in [0.4, 0.5) is 11.4 Å². The number of aromatic hydroxyl groups is 2. The molecule has 0 aliphatic carbocycles. The fraction of sp³-hybridized carbons (Fsp3) is 0.292. The second-order valence-electron chi connectivity index (χ2n) is 14.1. The maximum atomic E-state index is 12.9. The smallest absolute Gasteiger partial charge is 0.256 e. The van der Waals surface area contributed by atoms with Crippen molar-refractivity contribution in [1.82, 2.24) is 0 Å². The number of nitrogens with zero attached hydrogens (tertiary/aromatic N) is 2. The van der Waals surface area contributed by atoms with Crippen molar-refractivity contribution in [3.63, 3.8) is 0 Å². The highest BCUT2D eigenvalue weighted by atomic mass is 16.5. The van der Waals surface area contributed by atoms with Crippen LogP contribution in [0, 0.1) is 5.92 Å². The molecule has 63 heavy (non-hydrogen) atoms. The molecule has 334 valence electrons. The van der Waals surface area contributed by atoms with Crippen LogP contribution in [0.5, 0.6) is 57.5 Å². The third kappa shape index (κ3) is 9.48. The maximum Gasteiger partial charge on any atom is 0.256 e. The lowest BCUT2D eigenvalue weighted by Crippen LogP contribution is -2.55. The number of hydrogen-bond donors (Lipinski definition) is 3. The number of anilines is 2. The number of carbonyl (C=O) groups excluding carboxylic acids is 2. The number of rotatable bonds is 14. The Kier molecular flexibility index (Phi) is 15.6. The molecule has 2 aliphatic rings. The predicted octanol–water partition coefficient (Wildman–Crippen LogP) is 7.76. The van der Waals surface area contributed by atoms with Gasteiger partial charge in [0.25, 0.3) is 5.91 Å². The first-order chi connectivity index (χ1) is 30.4. The molecule has 5 aromatic carbocycles. The Labute approximate surface area is 367 Å². The van der Waals surface area contributed by atoms with E-state index in [1.165, 1.54) is 62.4 Å². The Morgan fingerprint density at radius 3 is 1.38 bits per heavy atom. The van der Waals surface area contributed by atoms with E-state index in [1.54, 1.807) is 64.4 Å². The summed E-state index contributed by atoms with van der Waals surface area (Å²) in [4.78, 5) is 28.7. The molecule has 0 radical (unpaired) electrons. The van der Waals surface area contributed by atoms with Crippen LogP contribution in [0.15, 0.2) is 103 Å². The predicted molar refractivity (Wildman–Crippen MR) is 239 cm³/mol. The summed E-state index contributed by atoms with van der Waals surface area (Å²) in [5, 5.41) is 20.3. The molecule has 0 aromatic heterocycles. The van der Waals surface area contributed by atoms with Gasteiger partial charge in [0, 0.05) is 36.4 Å². The van der Waals surface area contributed by atoms with Crippen LogP contribution in [-0.2, 0) is 16.1 Å². The van der Waals surface area contributed by atoms with Crippen LogP contribution in [0.3, 0.4) is 0 Å². The number of hydrogen-bond acceptors (Lipinski definition) is 13. The Morgan fingerprint density at radius 2 is 1.00 bits per heavy atom. The van der Waals surface area contributed by atoms with Crippen molar-refractivity contribution in [2.24, 2.45) is 11.7 Å². The van der Waals surface area contributed by atoms with Gasteiger partial charge in [-0.25, -0.2) is 0 Å². The van der Waals surface area contributed by atoms with Gasteiger partial charge >= 0.3 is 0 Å². The average Bonchev–Trinajstić information content (AvgIpc) is 3.31. The van der Waals surface area contributed by atoms with Gasteiger partial charge in [-0.3, -0.25) is 14.5 Å². The number of carbonyl (C=O) groups is 2. The highest BCUT2D eigenvalue weighted by Crippen LogP contribution is 2.51. The molecule has 0 unspecified atom stereocenters. The lowest BCUT2D eigenvalue weighted by atomic mass is 9.80. The summed E-state index contributed by atoms with van der Waals surface area (Å²) in [6.07, 6.45) is 0.692. The van der Waals surface area contributed by atoms with E-state index in [0.717, 1.165) is 5.56 Å². The second kappa shape index (κ2) is 21.0. The largest absolute Gasteiger partial charge is 0.504 e. The van der Waals surface area contributed by atoms with Gasteiger partial charge in [0.15, 0.2) is 46.0 Å². The first kappa shape index (κ1) is 46.8. The van der Waals surface area contributed by atoms with Crippen LogP contribution >= 0.6 is 0 Å². The number of benzene rings is 5. The van der Waals surface area contributed by atoms with Gasteiger partial charge in [0.2, 0.25) is 17.4 Å². The molecular weight excluding hydrogens is 811 g/mol. The van der Waals surface area contributed by atoms with Gasteiger partial charge in [-0.2, -0.15) is 0 Å². The summed E-state index contributed by atoms with van der Waals surface area (Å²) in [7, 11) is 12.1. The van der Waals surface area contributed by atoms with Crippen molar-refractivity contribution in [2.75, 3.05) is 66.7 Å². The minimum absolute atomic E-state index is 0.00742. The van der Waals surface area contributed by atoms with Crippen LogP contribution in [0.25, 0.3) is 0 Å². The molecule has 0 spiro atoms. The lowest BCUT2D eigenvalue weighted by molar-refractivity contribution is -0.130. The number of amides is 2.